The van der Waals surface area contributed by atoms with Crippen LogP contribution in [0.15, 0.2) is 0 Å². The summed E-state index contributed by atoms with van der Waals surface area (Å²) in [6.45, 7) is 6.34. The Labute approximate surface area is 103 Å². The van der Waals surface area contributed by atoms with E-state index >= 15 is 0 Å². The van der Waals surface area contributed by atoms with E-state index in [0.29, 0.717) is 6.04 Å². The molecule has 0 spiro atoms. The second-order valence-corrected chi connectivity index (χ2v) is 5.51. The predicted molar refractivity (Wildman–Crippen MR) is 67.9 cm³/mol. The van der Waals surface area contributed by atoms with Gasteiger partial charge in [-0.1, -0.05) is 0 Å². The number of aryl methyl sites for hydroxylation is 1. The van der Waals surface area contributed by atoms with Gasteiger partial charge in [0.1, 0.15) is 0 Å². The molecule has 0 aromatic carbocycles. The quantitative estimate of drug-likeness (QED) is 0.821. The first kappa shape index (κ1) is 12.6. The third-order valence-corrected chi connectivity index (χ3v) is 4.20. The largest absolute Gasteiger partial charge is 0.394 e. The minimum absolute atomic E-state index is 0.0712. The first-order valence-electron chi connectivity index (χ1n) is 6.39. The Morgan fingerprint density at radius 3 is 2.71 bits per heavy atom. The van der Waals surface area contributed by atoms with E-state index in [1.165, 1.54) is 11.3 Å². The van der Waals surface area contributed by atoms with Crippen LogP contribution >= 0.6 is 0 Å². The summed E-state index contributed by atoms with van der Waals surface area (Å²) in [4.78, 5) is 0. The number of aliphatic hydroxyl groups excluding tert-OH is 1. The maximum absolute atomic E-state index is 9.39. The molecule has 1 heterocycles. The van der Waals surface area contributed by atoms with Crippen molar-refractivity contribution < 1.29 is 5.11 Å². The third kappa shape index (κ3) is 2.24. The van der Waals surface area contributed by atoms with Gasteiger partial charge in [-0.25, -0.2) is 0 Å². The fourth-order valence-corrected chi connectivity index (χ4v) is 2.82. The van der Waals surface area contributed by atoms with Crippen molar-refractivity contribution in [2.75, 3.05) is 6.61 Å². The number of aromatic nitrogens is 2. The van der Waals surface area contributed by atoms with Crippen LogP contribution in [-0.2, 0) is 0 Å². The van der Waals surface area contributed by atoms with Gasteiger partial charge in [-0.15, -0.1) is 0 Å². The second-order valence-electron chi connectivity index (χ2n) is 5.51. The molecule has 0 amide bonds. The predicted octanol–water partition coefficient (Wildman–Crippen LogP) is 1.61. The number of nitrogens with two attached hydrogens (primary N) is 1. The lowest BCUT2D eigenvalue weighted by Gasteiger charge is -2.37. The third-order valence-electron chi connectivity index (χ3n) is 4.20. The normalized spacial score (nSPS) is 29.6. The fourth-order valence-electron chi connectivity index (χ4n) is 2.82. The number of hydrogen-bond acceptors (Lipinski definition) is 3. The van der Waals surface area contributed by atoms with Crippen LogP contribution in [0, 0.1) is 20.8 Å². The summed E-state index contributed by atoms with van der Waals surface area (Å²) >= 11 is 0. The van der Waals surface area contributed by atoms with Crippen LogP contribution in [-0.4, -0.2) is 27.0 Å². The van der Waals surface area contributed by atoms with Crippen LogP contribution in [0.25, 0.3) is 0 Å². The van der Waals surface area contributed by atoms with E-state index in [9.17, 15) is 5.11 Å². The van der Waals surface area contributed by atoms with Crippen LogP contribution in [0.4, 0.5) is 0 Å². The summed E-state index contributed by atoms with van der Waals surface area (Å²) in [5.74, 6) is 0. The molecule has 0 saturated heterocycles. The number of aliphatic hydroxyl groups is 1. The van der Waals surface area contributed by atoms with Gasteiger partial charge in [-0.3, -0.25) is 4.68 Å². The van der Waals surface area contributed by atoms with Crippen LogP contribution < -0.4 is 5.73 Å². The van der Waals surface area contributed by atoms with Gasteiger partial charge in [0.25, 0.3) is 0 Å². The molecule has 2 unspecified atom stereocenters. The highest BCUT2D eigenvalue weighted by Gasteiger charge is 2.34. The molecule has 1 aliphatic carbocycles. The van der Waals surface area contributed by atoms with Crippen molar-refractivity contribution in [1.29, 1.82) is 0 Å². The molecule has 1 saturated carbocycles. The summed E-state index contributed by atoms with van der Waals surface area (Å²) in [6.07, 6.45) is 3.92. The van der Waals surface area contributed by atoms with Gasteiger partial charge in [0.05, 0.1) is 18.3 Å². The van der Waals surface area contributed by atoms with Gasteiger partial charge in [0.2, 0.25) is 0 Å². The summed E-state index contributed by atoms with van der Waals surface area (Å²) in [6, 6.07) is 0.341. The van der Waals surface area contributed by atoms with E-state index in [-0.39, 0.29) is 6.61 Å². The highest BCUT2D eigenvalue weighted by atomic mass is 16.3. The molecule has 0 radical (unpaired) electrons. The lowest BCUT2D eigenvalue weighted by molar-refractivity contribution is 0.126. The molecule has 4 heteroatoms. The molecular formula is C13H23N3O. The summed E-state index contributed by atoms with van der Waals surface area (Å²) < 4.78 is 2.11. The zero-order valence-corrected chi connectivity index (χ0v) is 11.0. The lowest BCUT2D eigenvalue weighted by Crippen LogP contribution is -2.48. The maximum Gasteiger partial charge on any atom is 0.0625 e. The smallest absolute Gasteiger partial charge is 0.0625 e. The van der Waals surface area contributed by atoms with Crippen molar-refractivity contribution in [1.82, 2.24) is 9.78 Å². The van der Waals surface area contributed by atoms with Crippen molar-refractivity contribution in [3.8, 4) is 0 Å². The van der Waals surface area contributed by atoms with Crippen molar-refractivity contribution in [3.63, 3.8) is 0 Å². The van der Waals surface area contributed by atoms with Crippen molar-refractivity contribution in [2.45, 2.75) is 58.0 Å². The molecular weight excluding hydrogens is 214 g/mol. The molecule has 0 aliphatic heterocycles. The van der Waals surface area contributed by atoms with E-state index in [0.717, 1.165) is 31.4 Å². The number of nitrogens with zero attached hydrogens (tertiary/aromatic N) is 2. The standard InChI is InChI=1S/C13H23N3O/c1-9-10(2)15-16(11(9)3)12-5-4-6-13(14,7-12)8-17/h12,17H,4-8,14H2,1-3H3. The molecule has 2 atom stereocenters. The average molecular weight is 237 g/mol. The zero-order chi connectivity index (χ0) is 12.6. The Balaban J connectivity index is 2.25. The summed E-state index contributed by atoms with van der Waals surface area (Å²) in [7, 11) is 0. The van der Waals surface area contributed by atoms with Gasteiger partial charge >= 0.3 is 0 Å². The van der Waals surface area contributed by atoms with E-state index in [4.69, 9.17) is 5.73 Å². The zero-order valence-electron chi connectivity index (χ0n) is 11.0. The highest BCUT2D eigenvalue weighted by molar-refractivity contribution is 5.23. The van der Waals surface area contributed by atoms with Gasteiger partial charge in [0, 0.05) is 11.2 Å². The first-order chi connectivity index (χ1) is 7.97. The van der Waals surface area contributed by atoms with Crippen molar-refractivity contribution in [3.05, 3.63) is 17.0 Å². The molecule has 1 aromatic heterocycles. The van der Waals surface area contributed by atoms with Crippen LogP contribution in [0.1, 0.15) is 48.7 Å². The molecule has 1 fully saturated rings. The number of hydrogen-bond donors (Lipinski definition) is 2. The molecule has 0 bridgehead atoms. The summed E-state index contributed by atoms with van der Waals surface area (Å²) in [5.41, 5.74) is 9.37. The van der Waals surface area contributed by atoms with Crippen LogP contribution in [0.5, 0.6) is 0 Å². The topological polar surface area (TPSA) is 64.1 Å². The summed E-state index contributed by atoms with van der Waals surface area (Å²) in [5, 5.41) is 14.0. The van der Waals surface area contributed by atoms with Crippen LogP contribution in [0.2, 0.25) is 0 Å². The van der Waals surface area contributed by atoms with Gasteiger partial charge < -0.3 is 10.8 Å². The van der Waals surface area contributed by atoms with E-state index in [1.54, 1.807) is 0 Å². The minimum Gasteiger partial charge on any atom is -0.394 e. The van der Waals surface area contributed by atoms with E-state index in [1.807, 2.05) is 6.92 Å². The molecule has 1 aliphatic rings. The molecule has 4 nitrogen and oxygen atoms in total. The lowest BCUT2D eigenvalue weighted by atomic mass is 9.80. The van der Waals surface area contributed by atoms with Gasteiger partial charge in [-0.05, 0) is 52.0 Å². The number of rotatable bonds is 2. The molecule has 17 heavy (non-hydrogen) atoms. The van der Waals surface area contributed by atoms with E-state index < -0.39 is 5.54 Å². The van der Waals surface area contributed by atoms with Crippen molar-refractivity contribution in [2.24, 2.45) is 5.73 Å². The Morgan fingerprint density at radius 1 is 1.47 bits per heavy atom. The Hall–Kier alpha value is -0.870. The second kappa shape index (κ2) is 4.42. The molecule has 3 N–H and O–H groups in total. The molecule has 96 valence electrons. The van der Waals surface area contributed by atoms with Gasteiger partial charge in [0.15, 0.2) is 0 Å². The monoisotopic (exact) mass is 237 g/mol. The highest BCUT2D eigenvalue weighted by Crippen LogP contribution is 2.34. The van der Waals surface area contributed by atoms with Crippen LogP contribution in [0.3, 0.4) is 0 Å². The van der Waals surface area contributed by atoms with Crippen molar-refractivity contribution >= 4 is 0 Å². The Kier molecular flexibility index (Phi) is 3.27. The molecule has 2 rings (SSSR count). The maximum atomic E-state index is 9.39. The SMILES string of the molecule is Cc1nn(C2CCCC(N)(CO)C2)c(C)c1C. The molecule has 1 aromatic rings. The Morgan fingerprint density at radius 2 is 2.18 bits per heavy atom. The van der Waals surface area contributed by atoms with Gasteiger partial charge in [-0.2, -0.15) is 5.10 Å². The van der Waals surface area contributed by atoms with E-state index in [2.05, 4.69) is 23.6 Å². The first-order valence-corrected chi connectivity index (χ1v) is 6.39. The minimum atomic E-state index is -0.414. The fraction of sp³-hybridized carbons (Fsp3) is 0.769. The Bertz CT molecular complexity index is 413. The average Bonchev–Trinajstić information content (AvgIpc) is 2.57.